The Morgan fingerprint density at radius 2 is 2.11 bits per heavy atom. The van der Waals surface area contributed by atoms with E-state index in [1.807, 2.05) is 0 Å². The minimum absolute atomic E-state index is 0.264. The van der Waals surface area contributed by atoms with Gasteiger partial charge < -0.3 is 0 Å². The van der Waals surface area contributed by atoms with Crippen molar-refractivity contribution in [1.82, 2.24) is 19.5 Å². The molecule has 0 aromatic carbocycles. The van der Waals surface area contributed by atoms with Crippen molar-refractivity contribution < 1.29 is 14.9 Å². The van der Waals surface area contributed by atoms with Gasteiger partial charge in [0.1, 0.15) is 0 Å². The Bertz CT molecular complexity index is 606. The van der Waals surface area contributed by atoms with Crippen LogP contribution in [-0.2, 0) is 4.74 Å². The van der Waals surface area contributed by atoms with Crippen molar-refractivity contribution in [2.24, 2.45) is 0 Å². The van der Waals surface area contributed by atoms with Gasteiger partial charge >= 0.3 is 116 Å². The van der Waals surface area contributed by atoms with Gasteiger partial charge in [0.2, 0.25) is 0 Å². The van der Waals surface area contributed by atoms with Gasteiger partial charge in [0.15, 0.2) is 0 Å². The number of anilines is 1. The third-order valence-corrected chi connectivity index (χ3v) is 3.93. The van der Waals surface area contributed by atoms with Crippen molar-refractivity contribution in [2.45, 2.75) is 29.7 Å². The molecule has 8 nitrogen and oxygen atoms in total. The van der Waals surface area contributed by atoms with E-state index in [0.717, 1.165) is 0 Å². The summed E-state index contributed by atoms with van der Waals surface area (Å²) in [6, 6.07) is 0. The predicted molar refractivity (Wildman–Crippen MR) is 66.2 cm³/mol. The van der Waals surface area contributed by atoms with Crippen molar-refractivity contribution in [1.29, 1.82) is 0 Å². The van der Waals surface area contributed by atoms with E-state index in [0.29, 0.717) is 16.4 Å². The normalized spacial score (nSPS) is 31.1. The van der Waals surface area contributed by atoms with Crippen LogP contribution in [0.2, 0.25) is 5.21 Å². The summed E-state index contributed by atoms with van der Waals surface area (Å²) in [6.45, 7) is 0. The van der Waals surface area contributed by atoms with Gasteiger partial charge in [-0.2, -0.15) is 0 Å². The Morgan fingerprint density at radius 1 is 1.32 bits per heavy atom. The molecule has 3 heterocycles. The van der Waals surface area contributed by atoms with E-state index in [4.69, 9.17) is 10.5 Å². The van der Waals surface area contributed by atoms with Crippen LogP contribution in [0.25, 0.3) is 11.2 Å². The van der Waals surface area contributed by atoms with E-state index in [9.17, 15) is 10.2 Å². The van der Waals surface area contributed by atoms with Gasteiger partial charge in [-0.05, 0) is 0 Å². The maximum absolute atomic E-state index is 10.1. The van der Waals surface area contributed by atoms with Crippen molar-refractivity contribution >= 4 is 33.8 Å². The van der Waals surface area contributed by atoms with Gasteiger partial charge in [0, 0.05) is 0 Å². The fraction of sp³-hybridized carbons (Fsp3) is 0.500. The van der Waals surface area contributed by atoms with Crippen LogP contribution in [0.5, 0.6) is 0 Å². The SMILES string of the molecule is Nc1ncnc2c1ncn2[C@@H]1O[C@H](C[As])C(O)C1O. The Morgan fingerprint density at radius 3 is 2.79 bits per heavy atom. The number of nitrogens with two attached hydrogens (primary N) is 1. The number of nitrogen functional groups attached to an aromatic ring is 1. The number of ether oxygens (including phenoxy) is 1. The van der Waals surface area contributed by atoms with E-state index >= 15 is 0 Å². The number of hydrogen-bond acceptors (Lipinski definition) is 7. The van der Waals surface area contributed by atoms with Crippen molar-refractivity contribution in [2.75, 3.05) is 5.73 Å². The van der Waals surface area contributed by atoms with Crippen molar-refractivity contribution in [3.8, 4) is 0 Å². The van der Waals surface area contributed by atoms with Gasteiger partial charge in [-0.25, -0.2) is 0 Å². The van der Waals surface area contributed by atoms with Gasteiger partial charge in [-0.15, -0.1) is 0 Å². The summed E-state index contributed by atoms with van der Waals surface area (Å²) in [5.74, 6) is 0.264. The third-order valence-electron chi connectivity index (χ3n) is 3.18. The zero-order valence-electron chi connectivity index (χ0n) is 9.79. The maximum atomic E-state index is 10.1. The first kappa shape index (κ1) is 12.8. The zero-order valence-corrected chi connectivity index (χ0v) is 11.7. The first-order valence-electron chi connectivity index (χ1n) is 5.69. The Hall–Kier alpha value is -1.21. The first-order chi connectivity index (χ1) is 9.13. The molecule has 100 valence electrons. The molecule has 0 amide bonds. The molecule has 3 rings (SSSR count). The van der Waals surface area contributed by atoms with Crippen LogP contribution in [-0.4, -0.2) is 64.9 Å². The summed E-state index contributed by atoms with van der Waals surface area (Å²) in [5.41, 5.74) is 6.62. The van der Waals surface area contributed by atoms with E-state index in [-0.39, 0.29) is 5.82 Å². The average molecular weight is 325 g/mol. The molecule has 0 saturated carbocycles. The summed E-state index contributed by atoms with van der Waals surface area (Å²) in [4.78, 5) is 12.0. The molecule has 9 heteroatoms. The quantitative estimate of drug-likeness (QED) is 0.582. The standard InChI is InChI=1S/C10H12AsN5O3/c11-1-4-6(17)7(18)10(19-4)16-3-15-5-8(12)13-2-14-9(5)16/h2-4,6-7,10,17-18H,1H2,(H2,12,13,14)/t4-,6?,7?,10-/m1/s1. The summed E-state index contributed by atoms with van der Waals surface area (Å²) >= 11 is 2.33. The van der Waals surface area contributed by atoms with Gasteiger partial charge in [0.05, 0.1) is 0 Å². The van der Waals surface area contributed by atoms with Crippen LogP contribution in [0.1, 0.15) is 6.23 Å². The van der Waals surface area contributed by atoms with E-state index in [1.54, 1.807) is 4.57 Å². The molecule has 4 N–H and O–H groups in total. The summed E-state index contributed by atoms with van der Waals surface area (Å²) in [5, 5.41) is 20.5. The molecule has 2 aromatic rings. The van der Waals surface area contributed by atoms with Crippen molar-refractivity contribution in [3.05, 3.63) is 12.7 Å². The van der Waals surface area contributed by atoms with Crippen LogP contribution in [0.4, 0.5) is 5.82 Å². The molecule has 1 saturated heterocycles. The number of rotatable bonds is 2. The molecular weight excluding hydrogens is 313 g/mol. The van der Waals surface area contributed by atoms with Crippen LogP contribution in [0.3, 0.4) is 0 Å². The second kappa shape index (κ2) is 4.72. The topological polar surface area (TPSA) is 119 Å². The fourth-order valence-electron chi connectivity index (χ4n) is 2.17. The number of nitrogens with zero attached hydrogens (tertiary/aromatic N) is 4. The third kappa shape index (κ3) is 1.91. The Kier molecular flexibility index (Phi) is 3.18. The van der Waals surface area contributed by atoms with E-state index in [2.05, 4.69) is 31.8 Å². The van der Waals surface area contributed by atoms with Gasteiger partial charge in [0.25, 0.3) is 0 Å². The van der Waals surface area contributed by atoms with Crippen LogP contribution >= 0.6 is 0 Å². The molecule has 0 aliphatic carbocycles. The molecule has 0 spiro atoms. The van der Waals surface area contributed by atoms with Crippen molar-refractivity contribution in [3.63, 3.8) is 0 Å². The molecule has 1 aliphatic heterocycles. The number of aliphatic hydroxyl groups excluding tert-OH is 2. The summed E-state index contributed by atoms with van der Waals surface area (Å²) in [6.07, 6.45) is -0.349. The number of hydrogen-bond donors (Lipinski definition) is 3. The first-order valence-corrected chi connectivity index (χ1v) is 7.01. The van der Waals surface area contributed by atoms with E-state index in [1.165, 1.54) is 12.7 Å². The Labute approximate surface area is 117 Å². The van der Waals surface area contributed by atoms with Crippen LogP contribution < -0.4 is 5.73 Å². The van der Waals surface area contributed by atoms with Crippen LogP contribution in [0, 0.1) is 0 Å². The number of imidazole rings is 1. The molecule has 1 fully saturated rings. The Balaban J connectivity index is 2.04. The zero-order chi connectivity index (χ0) is 13.6. The molecule has 2 radical (unpaired) electrons. The fourth-order valence-corrected chi connectivity index (χ4v) is 2.80. The monoisotopic (exact) mass is 325 g/mol. The molecule has 0 bridgehead atoms. The molecule has 2 unspecified atom stereocenters. The minimum atomic E-state index is -1.04. The molecule has 1 aliphatic rings. The molecular formula is C10H12AsN5O3. The molecule has 2 aromatic heterocycles. The second-order valence-corrected chi connectivity index (χ2v) is 5.08. The number of aromatic nitrogens is 4. The number of fused-ring (bicyclic) bond motifs is 1. The summed E-state index contributed by atoms with van der Waals surface area (Å²) in [7, 11) is 0. The van der Waals surface area contributed by atoms with Gasteiger partial charge in [-0.3, -0.25) is 0 Å². The molecule has 4 atom stereocenters. The van der Waals surface area contributed by atoms with Crippen LogP contribution in [0.15, 0.2) is 12.7 Å². The predicted octanol–water partition coefficient (Wildman–Crippen LogP) is -1.39. The summed E-state index contributed by atoms with van der Waals surface area (Å²) < 4.78 is 7.19. The molecule has 19 heavy (non-hydrogen) atoms. The second-order valence-electron chi connectivity index (χ2n) is 4.31. The van der Waals surface area contributed by atoms with E-state index < -0.39 is 24.5 Å². The van der Waals surface area contributed by atoms with Gasteiger partial charge in [-0.1, -0.05) is 0 Å². The average Bonchev–Trinajstić information content (AvgIpc) is 2.94. The number of aliphatic hydroxyl groups is 2.